The number of anilines is 1. The van der Waals surface area contributed by atoms with Crippen molar-refractivity contribution in [3.05, 3.63) is 56.4 Å². The number of hydrogen-bond donors (Lipinski definition) is 2. The number of nitrogens with one attached hydrogen (secondary N) is 1. The van der Waals surface area contributed by atoms with E-state index in [2.05, 4.69) is 12.2 Å². The molecule has 3 N–H and O–H groups in total. The number of primary amides is 1. The van der Waals surface area contributed by atoms with Crippen LogP contribution in [0.1, 0.15) is 40.0 Å². The molecular formula is C23H27N5O3S. The number of amides is 2. The van der Waals surface area contributed by atoms with Gasteiger partial charge in [-0.25, -0.2) is 4.98 Å². The van der Waals surface area contributed by atoms with Crippen molar-refractivity contribution in [2.45, 2.75) is 39.3 Å². The third-order valence-electron chi connectivity index (χ3n) is 5.72. The Bertz CT molecular complexity index is 1260. The van der Waals surface area contributed by atoms with Gasteiger partial charge in [0.05, 0.1) is 23.2 Å². The molecule has 1 unspecified atom stereocenters. The van der Waals surface area contributed by atoms with Gasteiger partial charge in [-0.1, -0.05) is 19.1 Å². The molecule has 168 valence electrons. The fourth-order valence-corrected chi connectivity index (χ4v) is 5.56. The predicted molar refractivity (Wildman–Crippen MR) is 126 cm³/mol. The van der Waals surface area contributed by atoms with Gasteiger partial charge in [0.2, 0.25) is 5.91 Å². The summed E-state index contributed by atoms with van der Waals surface area (Å²) >= 11 is 1.60. The number of hydrogen-bond acceptors (Lipinski definition) is 6. The summed E-state index contributed by atoms with van der Waals surface area (Å²) < 4.78 is 1.45. The zero-order chi connectivity index (χ0) is 23.0. The first-order valence-electron chi connectivity index (χ1n) is 10.6. The van der Waals surface area contributed by atoms with Gasteiger partial charge in [0.15, 0.2) is 0 Å². The van der Waals surface area contributed by atoms with Crippen molar-refractivity contribution in [3.63, 3.8) is 0 Å². The zero-order valence-corrected chi connectivity index (χ0v) is 19.3. The first kappa shape index (κ1) is 22.2. The monoisotopic (exact) mass is 453 g/mol. The lowest BCUT2D eigenvalue weighted by Gasteiger charge is -2.18. The van der Waals surface area contributed by atoms with Crippen molar-refractivity contribution < 1.29 is 9.59 Å². The fraction of sp³-hybridized carbons (Fsp3) is 0.391. The molecule has 0 bridgehead atoms. The van der Waals surface area contributed by atoms with Crippen molar-refractivity contribution >= 4 is 39.1 Å². The number of rotatable bonds is 6. The average molecular weight is 454 g/mol. The molecule has 1 atom stereocenters. The Hall–Kier alpha value is -3.04. The highest BCUT2D eigenvalue weighted by molar-refractivity contribution is 7.18. The fourth-order valence-electron chi connectivity index (χ4n) is 4.17. The minimum Gasteiger partial charge on any atom is -0.366 e. The molecule has 4 rings (SSSR count). The molecule has 32 heavy (non-hydrogen) atoms. The lowest BCUT2D eigenvalue weighted by molar-refractivity contribution is -0.116. The largest absolute Gasteiger partial charge is 0.366 e. The maximum atomic E-state index is 13.6. The van der Waals surface area contributed by atoms with E-state index in [1.807, 2.05) is 19.0 Å². The van der Waals surface area contributed by atoms with Gasteiger partial charge in [-0.2, -0.15) is 0 Å². The summed E-state index contributed by atoms with van der Waals surface area (Å²) in [5.74, 6) is 0.0841. The van der Waals surface area contributed by atoms with Crippen LogP contribution in [-0.2, 0) is 30.7 Å². The first-order chi connectivity index (χ1) is 15.2. The van der Waals surface area contributed by atoms with E-state index in [1.54, 1.807) is 35.6 Å². The molecule has 1 aliphatic rings. The number of carbonyl (C=O) groups excluding carboxylic acids is 2. The standard InChI is InChI=1S/C23H27N5O3S/c1-13-8-9-15-17(10-13)32-22-20(15)23(31)28(18(26-22)11-27(2)3)12-19(29)25-16-7-5-4-6-14(16)21(24)30/h4-7,13H,8-12H2,1-3H3,(H2,24,30)(H,25,29). The summed E-state index contributed by atoms with van der Waals surface area (Å²) in [4.78, 5) is 46.8. The minimum atomic E-state index is -0.631. The molecule has 0 saturated heterocycles. The summed E-state index contributed by atoms with van der Waals surface area (Å²) in [7, 11) is 3.79. The molecule has 2 aromatic heterocycles. The van der Waals surface area contributed by atoms with E-state index in [9.17, 15) is 14.4 Å². The first-order valence-corrected chi connectivity index (χ1v) is 11.4. The molecule has 0 fully saturated rings. The maximum absolute atomic E-state index is 13.6. The molecule has 9 heteroatoms. The minimum absolute atomic E-state index is 0.183. The Labute approximate surface area is 190 Å². The zero-order valence-electron chi connectivity index (χ0n) is 18.5. The van der Waals surface area contributed by atoms with Crippen LogP contribution in [0.4, 0.5) is 5.69 Å². The highest BCUT2D eigenvalue weighted by Crippen LogP contribution is 2.35. The van der Waals surface area contributed by atoms with Gasteiger partial charge >= 0.3 is 0 Å². The molecule has 3 aromatic rings. The number of thiophene rings is 1. The highest BCUT2D eigenvalue weighted by Gasteiger charge is 2.25. The van der Waals surface area contributed by atoms with Crippen molar-refractivity contribution in [3.8, 4) is 0 Å². The number of carbonyl (C=O) groups is 2. The summed E-state index contributed by atoms with van der Waals surface area (Å²) in [5.41, 5.74) is 6.86. The van der Waals surface area contributed by atoms with Gasteiger partial charge in [-0.3, -0.25) is 19.0 Å². The van der Waals surface area contributed by atoms with Crippen LogP contribution in [-0.4, -0.2) is 40.4 Å². The van der Waals surface area contributed by atoms with Gasteiger partial charge in [0.1, 0.15) is 17.2 Å². The number of aromatic nitrogens is 2. The Morgan fingerprint density at radius 3 is 2.78 bits per heavy atom. The molecule has 2 amide bonds. The SMILES string of the molecule is CC1CCc2c(sc3nc(CN(C)C)n(CC(=O)Nc4ccccc4C(N)=O)c(=O)c23)C1. The molecule has 1 aromatic carbocycles. The molecule has 0 spiro atoms. The van der Waals surface area contributed by atoms with Crippen LogP contribution in [0.5, 0.6) is 0 Å². The number of fused-ring (bicyclic) bond motifs is 3. The second-order valence-electron chi connectivity index (χ2n) is 8.65. The number of aryl methyl sites for hydroxylation is 1. The van der Waals surface area contributed by atoms with Crippen LogP contribution in [0.15, 0.2) is 29.1 Å². The molecular weight excluding hydrogens is 426 g/mol. The van der Waals surface area contributed by atoms with Crippen LogP contribution in [0.3, 0.4) is 0 Å². The molecule has 0 radical (unpaired) electrons. The van der Waals surface area contributed by atoms with Crippen LogP contribution < -0.4 is 16.6 Å². The van der Waals surface area contributed by atoms with E-state index in [0.29, 0.717) is 29.4 Å². The van der Waals surface area contributed by atoms with E-state index in [1.165, 1.54) is 9.44 Å². The van der Waals surface area contributed by atoms with Crippen molar-refractivity contribution in [1.82, 2.24) is 14.5 Å². The number of para-hydroxylation sites is 1. The van der Waals surface area contributed by atoms with Gasteiger partial charge in [-0.05, 0) is 57.0 Å². The van der Waals surface area contributed by atoms with Gasteiger partial charge in [0.25, 0.3) is 11.5 Å². The van der Waals surface area contributed by atoms with Gasteiger partial charge in [-0.15, -0.1) is 11.3 Å². The Morgan fingerprint density at radius 2 is 2.06 bits per heavy atom. The van der Waals surface area contributed by atoms with E-state index < -0.39 is 11.8 Å². The lowest BCUT2D eigenvalue weighted by atomic mass is 9.89. The lowest BCUT2D eigenvalue weighted by Crippen LogP contribution is -2.33. The van der Waals surface area contributed by atoms with Crippen LogP contribution in [0.2, 0.25) is 0 Å². The topological polar surface area (TPSA) is 110 Å². The molecule has 1 aliphatic carbocycles. The number of benzene rings is 1. The number of nitrogens with zero attached hydrogens (tertiary/aromatic N) is 3. The molecule has 2 heterocycles. The van der Waals surface area contributed by atoms with E-state index in [0.717, 1.165) is 29.7 Å². The predicted octanol–water partition coefficient (Wildman–Crippen LogP) is 2.38. The van der Waals surface area contributed by atoms with Gasteiger partial charge < -0.3 is 16.0 Å². The third kappa shape index (κ3) is 4.31. The smallest absolute Gasteiger partial charge is 0.263 e. The number of nitrogens with two attached hydrogens (primary N) is 1. The summed E-state index contributed by atoms with van der Waals surface area (Å²) in [6.07, 6.45) is 2.87. The van der Waals surface area contributed by atoms with E-state index >= 15 is 0 Å². The molecule has 0 aliphatic heterocycles. The Balaban J connectivity index is 1.74. The van der Waals surface area contributed by atoms with E-state index in [-0.39, 0.29) is 17.7 Å². The summed E-state index contributed by atoms with van der Waals surface area (Å²) in [6, 6.07) is 6.54. The third-order valence-corrected chi connectivity index (χ3v) is 6.87. The molecule has 0 saturated carbocycles. The summed E-state index contributed by atoms with van der Waals surface area (Å²) in [5, 5.41) is 3.36. The second kappa shape index (κ2) is 8.84. The second-order valence-corrected chi connectivity index (χ2v) is 9.73. The van der Waals surface area contributed by atoms with Crippen molar-refractivity contribution in [2.24, 2.45) is 11.7 Å². The van der Waals surface area contributed by atoms with Gasteiger partial charge in [0, 0.05) is 4.88 Å². The van der Waals surface area contributed by atoms with E-state index in [4.69, 9.17) is 10.7 Å². The van der Waals surface area contributed by atoms with Crippen molar-refractivity contribution in [2.75, 3.05) is 19.4 Å². The van der Waals surface area contributed by atoms with Crippen LogP contribution >= 0.6 is 11.3 Å². The van der Waals surface area contributed by atoms with Crippen LogP contribution in [0.25, 0.3) is 10.2 Å². The van der Waals surface area contributed by atoms with Crippen LogP contribution in [0, 0.1) is 5.92 Å². The average Bonchev–Trinajstić information content (AvgIpc) is 3.08. The van der Waals surface area contributed by atoms with Crippen molar-refractivity contribution in [1.29, 1.82) is 0 Å². The molecule has 8 nitrogen and oxygen atoms in total. The Kier molecular flexibility index (Phi) is 6.12. The normalized spacial score (nSPS) is 15.7. The Morgan fingerprint density at radius 1 is 1.31 bits per heavy atom. The summed E-state index contributed by atoms with van der Waals surface area (Å²) in [6.45, 7) is 2.46. The maximum Gasteiger partial charge on any atom is 0.263 e. The quantitative estimate of drug-likeness (QED) is 0.595. The highest BCUT2D eigenvalue weighted by atomic mass is 32.1.